The zero-order valence-corrected chi connectivity index (χ0v) is 24.0. The Morgan fingerprint density at radius 3 is 2.50 bits per heavy atom. The maximum atomic E-state index is 14.5. The molecule has 4 rings (SSSR count). The van der Waals surface area contributed by atoms with Gasteiger partial charge in [0, 0.05) is 53.6 Å². The number of aryl methyl sites for hydroxylation is 1. The summed E-state index contributed by atoms with van der Waals surface area (Å²) in [5, 5.41) is 0.164. The Kier molecular flexibility index (Phi) is 8.93. The standard InChI is InChI=1S/C27H26BrF5N4O2S/c1-4-22(38)37-15(2)13-35(14-16(37)3)25-18-12-19(27(31,32)33)17(6-7-20(28)21(30)8-9-29)24-23(18)36(26(39)34-25)10-5-11-40-24/h4,6-9,12,15-16H,1,5,10-11,13-14H2,2-3H3/b7-6+,9-8+,21-20-. The van der Waals surface area contributed by atoms with E-state index in [1.807, 2.05) is 13.8 Å². The molecule has 214 valence electrons. The number of hydrogen-bond donors (Lipinski definition) is 0. The number of nitrogens with zero attached hydrogens (tertiary/aromatic N) is 4. The topological polar surface area (TPSA) is 58.4 Å². The molecule has 3 heterocycles. The summed E-state index contributed by atoms with van der Waals surface area (Å²) in [6.07, 6.45) is -0.346. The molecule has 2 aromatic rings. The Balaban J connectivity index is 1.99. The van der Waals surface area contributed by atoms with Gasteiger partial charge in [-0.15, -0.1) is 11.8 Å². The highest BCUT2D eigenvalue weighted by Gasteiger charge is 2.38. The molecule has 1 aromatic carbocycles. The Morgan fingerprint density at radius 2 is 1.90 bits per heavy atom. The van der Waals surface area contributed by atoms with Crippen LogP contribution in [0.5, 0.6) is 0 Å². The van der Waals surface area contributed by atoms with Gasteiger partial charge in [-0.3, -0.25) is 9.36 Å². The first-order chi connectivity index (χ1) is 18.9. The number of allylic oxidation sites excluding steroid dienone is 4. The minimum absolute atomic E-state index is 0.0204. The predicted molar refractivity (Wildman–Crippen MR) is 151 cm³/mol. The number of carbonyl (C=O) groups is 1. The summed E-state index contributed by atoms with van der Waals surface area (Å²) < 4.78 is 71.1. The Hall–Kier alpha value is -2.93. The number of hydrogen-bond acceptors (Lipinski definition) is 5. The second-order valence-corrected chi connectivity index (χ2v) is 11.5. The zero-order chi connectivity index (χ0) is 29.4. The summed E-state index contributed by atoms with van der Waals surface area (Å²) in [6.45, 7) is 7.94. The highest BCUT2D eigenvalue weighted by Crippen LogP contribution is 2.45. The molecule has 2 aliphatic heterocycles. The van der Waals surface area contributed by atoms with Crippen molar-refractivity contribution in [3.8, 4) is 0 Å². The molecule has 13 heteroatoms. The average molecular weight is 645 g/mol. The summed E-state index contributed by atoms with van der Waals surface area (Å²) in [5.41, 5.74) is -1.48. The molecule has 0 spiro atoms. The van der Waals surface area contributed by atoms with Crippen molar-refractivity contribution in [3.05, 3.63) is 69.1 Å². The second-order valence-electron chi connectivity index (χ2n) is 9.51. The van der Waals surface area contributed by atoms with Crippen molar-refractivity contribution in [2.24, 2.45) is 0 Å². The second kappa shape index (κ2) is 11.9. The van der Waals surface area contributed by atoms with Crippen LogP contribution in [-0.4, -0.2) is 51.3 Å². The van der Waals surface area contributed by atoms with Gasteiger partial charge in [0.05, 0.1) is 21.9 Å². The SMILES string of the molecule is C=CC(=O)N1C(C)CN(c2nc(=O)n3c4c(c(/C=C/C(Br)=C(F)\C=C\F)c(C(F)(F)F)cc24)SCCC3)CC1C. The van der Waals surface area contributed by atoms with E-state index in [0.29, 0.717) is 23.8 Å². The van der Waals surface area contributed by atoms with Crippen LogP contribution in [0.3, 0.4) is 0 Å². The van der Waals surface area contributed by atoms with Gasteiger partial charge < -0.3 is 9.80 Å². The number of thioether (sulfide) groups is 1. The van der Waals surface area contributed by atoms with Crippen LogP contribution in [-0.2, 0) is 17.5 Å². The molecule has 1 saturated heterocycles. The number of anilines is 1. The largest absolute Gasteiger partial charge is 0.417 e. The minimum atomic E-state index is -4.79. The van der Waals surface area contributed by atoms with E-state index in [4.69, 9.17) is 0 Å². The van der Waals surface area contributed by atoms with Crippen LogP contribution in [0.25, 0.3) is 17.0 Å². The molecule has 6 nitrogen and oxygen atoms in total. The van der Waals surface area contributed by atoms with Crippen molar-refractivity contribution >= 4 is 56.4 Å². The molecular weight excluding hydrogens is 619 g/mol. The summed E-state index contributed by atoms with van der Waals surface area (Å²) in [5.74, 6) is -0.704. The molecule has 0 N–H and O–H groups in total. The molecule has 1 amide bonds. The van der Waals surface area contributed by atoms with Crippen LogP contribution in [0, 0.1) is 0 Å². The van der Waals surface area contributed by atoms with Gasteiger partial charge >= 0.3 is 11.9 Å². The van der Waals surface area contributed by atoms with E-state index in [1.165, 1.54) is 22.4 Å². The van der Waals surface area contributed by atoms with E-state index in [9.17, 15) is 31.5 Å². The fourth-order valence-electron chi connectivity index (χ4n) is 5.21. The summed E-state index contributed by atoms with van der Waals surface area (Å²) >= 11 is 4.11. The molecule has 1 fully saturated rings. The molecule has 2 unspecified atom stereocenters. The van der Waals surface area contributed by atoms with Gasteiger partial charge in [-0.05, 0) is 60.2 Å². The molecule has 0 aliphatic carbocycles. The molecule has 0 radical (unpaired) electrons. The smallest absolute Gasteiger partial charge is 0.352 e. The van der Waals surface area contributed by atoms with E-state index in [-0.39, 0.29) is 70.1 Å². The van der Waals surface area contributed by atoms with Crippen LogP contribution in [0.15, 0.2) is 57.2 Å². The monoisotopic (exact) mass is 644 g/mol. The number of piperazine rings is 1. The zero-order valence-electron chi connectivity index (χ0n) is 21.6. The van der Waals surface area contributed by atoms with Crippen LogP contribution in [0.2, 0.25) is 0 Å². The lowest BCUT2D eigenvalue weighted by molar-refractivity contribution is -0.137. The quantitative estimate of drug-likeness (QED) is 0.209. The summed E-state index contributed by atoms with van der Waals surface area (Å²) in [4.78, 5) is 33.5. The lowest BCUT2D eigenvalue weighted by atomic mass is 10.0. The van der Waals surface area contributed by atoms with Crippen LogP contribution >= 0.6 is 27.7 Å². The molecule has 2 atom stereocenters. The van der Waals surface area contributed by atoms with Gasteiger partial charge in [-0.25, -0.2) is 13.6 Å². The lowest BCUT2D eigenvalue weighted by Crippen LogP contribution is -2.58. The van der Waals surface area contributed by atoms with E-state index in [1.54, 1.807) is 9.80 Å². The maximum absolute atomic E-state index is 14.5. The third-order valence-corrected chi connectivity index (χ3v) is 8.63. The van der Waals surface area contributed by atoms with Crippen LogP contribution in [0.4, 0.5) is 27.8 Å². The van der Waals surface area contributed by atoms with Gasteiger partial charge in [-0.1, -0.05) is 12.7 Å². The van der Waals surface area contributed by atoms with E-state index < -0.39 is 23.3 Å². The van der Waals surface area contributed by atoms with Crippen LogP contribution in [0.1, 0.15) is 31.4 Å². The van der Waals surface area contributed by atoms with Crippen molar-refractivity contribution in [3.63, 3.8) is 0 Å². The highest BCUT2D eigenvalue weighted by atomic mass is 79.9. The summed E-state index contributed by atoms with van der Waals surface area (Å²) in [7, 11) is 0. The molecule has 0 saturated carbocycles. The van der Waals surface area contributed by atoms with Gasteiger partial charge in [0.15, 0.2) is 0 Å². The van der Waals surface area contributed by atoms with Gasteiger partial charge in [-0.2, -0.15) is 18.2 Å². The minimum Gasteiger partial charge on any atom is -0.352 e. The third kappa shape index (κ3) is 5.76. The number of amides is 1. The molecule has 1 aromatic heterocycles. The van der Waals surface area contributed by atoms with E-state index in [0.717, 1.165) is 18.2 Å². The highest BCUT2D eigenvalue weighted by molar-refractivity contribution is 9.11. The normalized spacial score (nSPS) is 20.8. The van der Waals surface area contributed by atoms with E-state index in [2.05, 4.69) is 27.5 Å². The third-order valence-electron chi connectivity index (χ3n) is 6.80. The number of halogens is 6. The van der Waals surface area contributed by atoms with Crippen molar-refractivity contribution in [2.75, 3.05) is 23.7 Å². The van der Waals surface area contributed by atoms with Gasteiger partial charge in [0.1, 0.15) is 11.6 Å². The first-order valence-corrected chi connectivity index (χ1v) is 14.2. The molecule has 2 aliphatic rings. The fraction of sp³-hybridized carbons (Fsp3) is 0.370. The number of benzene rings is 1. The summed E-state index contributed by atoms with van der Waals surface area (Å²) in [6, 6.07) is 0.342. The van der Waals surface area contributed by atoms with Crippen LogP contribution < -0.4 is 10.6 Å². The van der Waals surface area contributed by atoms with Gasteiger partial charge in [0.2, 0.25) is 5.91 Å². The number of alkyl halides is 3. The first kappa shape index (κ1) is 30.0. The van der Waals surface area contributed by atoms with Crippen molar-refractivity contribution in [2.45, 2.75) is 50.0 Å². The number of carbonyl (C=O) groups excluding carboxylic acids is 1. The van der Waals surface area contributed by atoms with Crippen molar-refractivity contribution < 1.29 is 26.7 Å². The molecule has 0 bridgehead atoms. The Labute approximate surface area is 240 Å². The maximum Gasteiger partial charge on any atom is 0.417 e. The first-order valence-electron chi connectivity index (χ1n) is 12.4. The van der Waals surface area contributed by atoms with Crippen molar-refractivity contribution in [1.82, 2.24) is 14.5 Å². The lowest BCUT2D eigenvalue weighted by Gasteiger charge is -2.44. The molecular formula is C27H26BrF5N4O2S. The number of rotatable bonds is 5. The number of aromatic nitrogens is 2. The van der Waals surface area contributed by atoms with Crippen molar-refractivity contribution in [1.29, 1.82) is 0 Å². The Bertz CT molecular complexity index is 1490. The van der Waals surface area contributed by atoms with E-state index >= 15 is 0 Å². The van der Waals surface area contributed by atoms with Gasteiger partial charge in [0.25, 0.3) is 0 Å². The predicted octanol–water partition coefficient (Wildman–Crippen LogP) is 6.60. The fourth-order valence-corrected chi connectivity index (χ4v) is 6.64. The molecule has 40 heavy (non-hydrogen) atoms. The average Bonchev–Trinajstić information content (AvgIpc) is 3.12. The Morgan fingerprint density at radius 1 is 1.23 bits per heavy atom.